The van der Waals surface area contributed by atoms with Crippen LogP contribution in [0.3, 0.4) is 0 Å². The molecule has 3 aromatic rings. The van der Waals surface area contributed by atoms with Crippen molar-refractivity contribution in [3.05, 3.63) is 66.4 Å². The van der Waals surface area contributed by atoms with Gasteiger partial charge in [-0.05, 0) is 42.0 Å². The standard InChI is InChI=1S/C19H19N3/c20-16-7-6-14-8-11-21-18(17(14)12-16)22-13-19(9-10-19)15-4-2-1-3-5-15/h1-8,11-12H,9-10,13,20H2,(H,21,22). The van der Waals surface area contributed by atoms with Crippen LogP contribution in [0.5, 0.6) is 0 Å². The van der Waals surface area contributed by atoms with Gasteiger partial charge in [-0.1, -0.05) is 36.4 Å². The van der Waals surface area contributed by atoms with Crippen LogP contribution in [0.25, 0.3) is 10.8 Å². The fraction of sp³-hybridized carbons (Fsp3) is 0.211. The highest BCUT2D eigenvalue weighted by molar-refractivity contribution is 5.93. The van der Waals surface area contributed by atoms with Crippen molar-refractivity contribution in [2.24, 2.45) is 0 Å². The summed E-state index contributed by atoms with van der Waals surface area (Å²) in [6, 6.07) is 18.7. The van der Waals surface area contributed by atoms with Crippen LogP contribution in [0, 0.1) is 0 Å². The molecule has 3 heteroatoms. The van der Waals surface area contributed by atoms with E-state index in [0.29, 0.717) is 0 Å². The lowest BCUT2D eigenvalue weighted by molar-refractivity contribution is 0.731. The summed E-state index contributed by atoms with van der Waals surface area (Å²) in [5.74, 6) is 0.923. The zero-order chi connectivity index (χ0) is 15.0. The summed E-state index contributed by atoms with van der Waals surface area (Å²) in [5, 5.41) is 5.80. The molecule has 0 aliphatic heterocycles. The molecule has 3 N–H and O–H groups in total. The zero-order valence-electron chi connectivity index (χ0n) is 12.4. The van der Waals surface area contributed by atoms with Gasteiger partial charge in [0, 0.05) is 29.2 Å². The summed E-state index contributed by atoms with van der Waals surface area (Å²) in [4.78, 5) is 4.51. The lowest BCUT2D eigenvalue weighted by Crippen LogP contribution is -2.20. The molecule has 0 amide bonds. The number of nitrogen functional groups attached to an aromatic ring is 1. The van der Waals surface area contributed by atoms with E-state index in [1.54, 1.807) is 0 Å². The molecule has 2 aromatic carbocycles. The molecule has 0 bridgehead atoms. The number of hydrogen-bond acceptors (Lipinski definition) is 3. The van der Waals surface area contributed by atoms with Crippen molar-refractivity contribution < 1.29 is 0 Å². The average molecular weight is 289 g/mol. The normalized spacial score (nSPS) is 15.6. The Balaban J connectivity index is 1.61. The second kappa shape index (κ2) is 5.02. The van der Waals surface area contributed by atoms with Gasteiger partial charge >= 0.3 is 0 Å². The lowest BCUT2D eigenvalue weighted by atomic mass is 9.96. The maximum absolute atomic E-state index is 5.92. The zero-order valence-corrected chi connectivity index (χ0v) is 12.4. The van der Waals surface area contributed by atoms with E-state index < -0.39 is 0 Å². The van der Waals surface area contributed by atoms with Crippen LogP contribution in [-0.2, 0) is 5.41 Å². The maximum Gasteiger partial charge on any atom is 0.133 e. The van der Waals surface area contributed by atoms with Crippen molar-refractivity contribution >= 4 is 22.3 Å². The highest BCUT2D eigenvalue weighted by Crippen LogP contribution is 2.48. The smallest absolute Gasteiger partial charge is 0.133 e. The molecule has 0 spiro atoms. The number of aromatic nitrogens is 1. The highest BCUT2D eigenvalue weighted by Gasteiger charge is 2.43. The van der Waals surface area contributed by atoms with Crippen LogP contribution >= 0.6 is 0 Å². The fourth-order valence-electron chi connectivity index (χ4n) is 3.09. The second-order valence-corrected chi connectivity index (χ2v) is 6.14. The third-order valence-electron chi connectivity index (χ3n) is 4.62. The summed E-state index contributed by atoms with van der Waals surface area (Å²) in [6.45, 7) is 0.915. The minimum absolute atomic E-state index is 0.269. The van der Waals surface area contributed by atoms with Crippen LogP contribution in [0.15, 0.2) is 60.8 Å². The van der Waals surface area contributed by atoms with Gasteiger partial charge in [0.15, 0.2) is 0 Å². The molecular formula is C19H19N3. The third-order valence-corrected chi connectivity index (χ3v) is 4.62. The van der Waals surface area contributed by atoms with E-state index in [1.807, 2.05) is 30.5 Å². The predicted molar refractivity (Wildman–Crippen MR) is 92.0 cm³/mol. The first kappa shape index (κ1) is 13.1. The highest BCUT2D eigenvalue weighted by atomic mass is 15.0. The number of rotatable bonds is 4. The van der Waals surface area contributed by atoms with E-state index in [1.165, 1.54) is 18.4 Å². The van der Waals surface area contributed by atoms with Crippen LogP contribution in [0.1, 0.15) is 18.4 Å². The number of nitrogens with one attached hydrogen (secondary N) is 1. The van der Waals surface area contributed by atoms with Crippen molar-refractivity contribution in [2.75, 3.05) is 17.6 Å². The van der Waals surface area contributed by atoms with Gasteiger partial charge in [0.2, 0.25) is 0 Å². The number of anilines is 2. The van der Waals surface area contributed by atoms with Crippen LogP contribution in [0.2, 0.25) is 0 Å². The van der Waals surface area contributed by atoms with Gasteiger partial charge in [0.1, 0.15) is 5.82 Å². The number of hydrogen-bond donors (Lipinski definition) is 2. The van der Waals surface area contributed by atoms with E-state index in [9.17, 15) is 0 Å². The molecule has 0 saturated heterocycles. The van der Waals surface area contributed by atoms with Crippen molar-refractivity contribution in [2.45, 2.75) is 18.3 Å². The molecule has 1 aliphatic carbocycles. The molecule has 1 fully saturated rings. The van der Waals surface area contributed by atoms with E-state index in [-0.39, 0.29) is 5.41 Å². The topological polar surface area (TPSA) is 50.9 Å². The Hall–Kier alpha value is -2.55. The third kappa shape index (κ3) is 2.29. The molecule has 1 aromatic heterocycles. The molecule has 0 radical (unpaired) electrons. The summed E-state index contributed by atoms with van der Waals surface area (Å²) < 4.78 is 0. The lowest BCUT2D eigenvalue weighted by Gasteiger charge is -2.18. The van der Waals surface area contributed by atoms with Gasteiger partial charge in [-0.25, -0.2) is 4.98 Å². The first-order valence-electron chi connectivity index (χ1n) is 7.71. The van der Waals surface area contributed by atoms with Crippen LogP contribution in [-0.4, -0.2) is 11.5 Å². The summed E-state index contributed by atoms with van der Waals surface area (Å²) in [6.07, 6.45) is 4.32. The van der Waals surface area contributed by atoms with Gasteiger partial charge in [-0.3, -0.25) is 0 Å². The van der Waals surface area contributed by atoms with E-state index in [2.05, 4.69) is 40.6 Å². The molecular weight excluding hydrogens is 270 g/mol. The fourth-order valence-corrected chi connectivity index (χ4v) is 3.09. The van der Waals surface area contributed by atoms with Gasteiger partial charge < -0.3 is 11.1 Å². The minimum atomic E-state index is 0.269. The van der Waals surface area contributed by atoms with Gasteiger partial charge in [-0.15, -0.1) is 0 Å². The van der Waals surface area contributed by atoms with Crippen LogP contribution < -0.4 is 11.1 Å². The largest absolute Gasteiger partial charge is 0.399 e. The number of benzene rings is 2. The molecule has 110 valence electrons. The Labute approximate surface area is 130 Å². The monoisotopic (exact) mass is 289 g/mol. The Morgan fingerprint density at radius 2 is 1.86 bits per heavy atom. The van der Waals surface area contributed by atoms with Gasteiger partial charge in [-0.2, -0.15) is 0 Å². The van der Waals surface area contributed by atoms with Gasteiger partial charge in [0.25, 0.3) is 0 Å². The summed E-state index contributed by atoms with van der Waals surface area (Å²) in [5.41, 5.74) is 8.38. The van der Waals surface area contributed by atoms with E-state index in [4.69, 9.17) is 5.73 Å². The molecule has 22 heavy (non-hydrogen) atoms. The molecule has 0 unspecified atom stereocenters. The molecule has 3 nitrogen and oxygen atoms in total. The van der Waals surface area contributed by atoms with Crippen molar-refractivity contribution in [3.8, 4) is 0 Å². The first-order valence-corrected chi connectivity index (χ1v) is 7.71. The maximum atomic E-state index is 5.92. The van der Waals surface area contributed by atoms with E-state index in [0.717, 1.165) is 28.8 Å². The van der Waals surface area contributed by atoms with Crippen LogP contribution in [0.4, 0.5) is 11.5 Å². The Kier molecular flexibility index (Phi) is 3.00. The molecule has 0 atom stereocenters. The summed E-state index contributed by atoms with van der Waals surface area (Å²) in [7, 11) is 0. The SMILES string of the molecule is Nc1ccc2ccnc(NCC3(c4ccccc4)CC3)c2c1. The Morgan fingerprint density at radius 3 is 2.64 bits per heavy atom. The first-order chi connectivity index (χ1) is 10.8. The number of nitrogens with two attached hydrogens (primary N) is 1. The van der Waals surface area contributed by atoms with Gasteiger partial charge in [0.05, 0.1) is 0 Å². The number of nitrogens with zero attached hydrogens (tertiary/aromatic N) is 1. The number of fused-ring (bicyclic) bond motifs is 1. The molecule has 1 saturated carbocycles. The number of pyridine rings is 1. The Bertz CT molecular complexity index is 807. The molecule has 1 heterocycles. The Morgan fingerprint density at radius 1 is 1.05 bits per heavy atom. The average Bonchev–Trinajstić information content (AvgIpc) is 3.35. The second-order valence-electron chi connectivity index (χ2n) is 6.14. The minimum Gasteiger partial charge on any atom is -0.399 e. The van der Waals surface area contributed by atoms with E-state index >= 15 is 0 Å². The molecule has 1 aliphatic rings. The van der Waals surface area contributed by atoms with Crippen molar-refractivity contribution in [3.63, 3.8) is 0 Å². The summed E-state index contributed by atoms with van der Waals surface area (Å²) >= 11 is 0. The van der Waals surface area contributed by atoms with Crippen molar-refractivity contribution in [1.29, 1.82) is 0 Å². The quantitative estimate of drug-likeness (QED) is 0.715. The van der Waals surface area contributed by atoms with Crippen molar-refractivity contribution in [1.82, 2.24) is 4.98 Å². The molecule has 4 rings (SSSR count). The predicted octanol–water partition coefficient (Wildman–Crippen LogP) is 3.96.